The summed E-state index contributed by atoms with van der Waals surface area (Å²) < 4.78 is 0. The van der Waals surface area contributed by atoms with Crippen molar-refractivity contribution >= 4 is 17.7 Å². The summed E-state index contributed by atoms with van der Waals surface area (Å²) in [5.74, 6) is -0.430. The molecule has 2 unspecified atom stereocenters. The van der Waals surface area contributed by atoms with Crippen molar-refractivity contribution in [3.8, 4) is 0 Å². The molecule has 0 aromatic rings. The molecule has 0 amide bonds. The monoisotopic (exact) mass is 179 g/mol. The smallest absolute Gasteiger partial charge is 0.323 e. The van der Waals surface area contributed by atoms with Crippen LogP contribution in [0.25, 0.3) is 0 Å². The summed E-state index contributed by atoms with van der Waals surface area (Å²) >= 11 is 1.55. The minimum atomic E-state index is -1.15. The van der Waals surface area contributed by atoms with Crippen LogP contribution in [-0.2, 0) is 4.79 Å². The van der Waals surface area contributed by atoms with Crippen LogP contribution in [0.3, 0.4) is 0 Å². The van der Waals surface area contributed by atoms with Crippen LogP contribution in [0.2, 0.25) is 0 Å². The number of aliphatic hydroxyl groups excluding tert-OH is 1. The molecule has 0 rings (SSSR count). The zero-order valence-corrected chi connectivity index (χ0v) is 7.17. The van der Waals surface area contributed by atoms with Crippen molar-refractivity contribution in [2.45, 2.75) is 18.6 Å². The highest BCUT2D eigenvalue weighted by molar-refractivity contribution is 7.98. The molecule has 0 radical (unpaired) electrons. The number of carboxylic acids is 1. The van der Waals surface area contributed by atoms with Gasteiger partial charge in [-0.2, -0.15) is 11.8 Å². The Labute approximate surface area is 69.8 Å². The Bertz CT molecular complexity index is 131. The van der Waals surface area contributed by atoms with Crippen LogP contribution in [0.1, 0.15) is 6.42 Å². The third kappa shape index (κ3) is 4.23. The van der Waals surface area contributed by atoms with Gasteiger partial charge in [0.2, 0.25) is 0 Å². The lowest BCUT2D eigenvalue weighted by atomic mass is 10.1. The van der Waals surface area contributed by atoms with Gasteiger partial charge < -0.3 is 15.9 Å². The summed E-state index contributed by atoms with van der Waals surface area (Å²) in [6.45, 7) is 0. The standard InChI is InChI=1S/C6H13NO3S/c1-11-3-2-4(8)5(7)6(9)10/h4-5,8H,2-3,7H2,1H3,(H,9,10). The average molecular weight is 179 g/mol. The lowest BCUT2D eigenvalue weighted by molar-refractivity contribution is -0.141. The zero-order valence-electron chi connectivity index (χ0n) is 6.36. The second kappa shape index (κ2) is 5.40. The molecule has 4 N–H and O–H groups in total. The number of aliphatic hydroxyl groups is 1. The van der Waals surface area contributed by atoms with Crippen molar-refractivity contribution in [1.29, 1.82) is 0 Å². The van der Waals surface area contributed by atoms with E-state index in [1.165, 1.54) is 0 Å². The number of carbonyl (C=O) groups is 1. The number of aliphatic carboxylic acids is 1. The van der Waals surface area contributed by atoms with Crippen molar-refractivity contribution in [3.63, 3.8) is 0 Å². The Morgan fingerprint density at radius 2 is 2.27 bits per heavy atom. The first-order valence-corrected chi connectivity index (χ1v) is 4.64. The molecule has 0 aliphatic carbocycles. The largest absolute Gasteiger partial charge is 0.480 e. The van der Waals surface area contributed by atoms with Crippen molar-refractivity contribution in [3.05, 3.63) is 0 Å². The molecule has 0 aromatic heterocycles. The Morgan fingerprint density at radius 1 is 1.73 bits per heavy atom. The first-order valence-electron chi connectivity index (χ1n) is 3.25. The topological polar surface area (TPSA) is 83.5 Å². The van der Waals surface area contributed by atoms with Gasteiger partial charge in [0.25, 0.3) is 0 Å². The maximum atomic E-state index is 10.2. The summed E-state index contributed by atoms with van der Waals surface area (Å²) in [4.78, 5) is 10.2. The van der Waals surface area contributed by atoms with E-state index in [2.05, 4.69) is 0 Å². The molecule has 2 atom stereocenters. The van der Waals surface area contributed by atoms with Crippen LogP contribution in [0.15, 0.2) is 0 Å². The quantitative estimate of drug-likeness (QED) is 0.530. The maximum absolute atomic E-state index is 10.2. The summed E-state index contributed by atoms with van der Waals surface area (Å²) in [5.41, 5.74) is 5.14. The molecule has 0 fully saturated rings. The lowest BCUT2D eigenvalue weighted by Gasteiger charge is -2.13. The van der Waals surface area contributed by atoms with E-state index < -0.39 is 18.1 Å². The van der Waals surface area contributed by atoms with Gasteiger partial charge >= 0.3 is 5.97 Å². The van der Waals surface area contributed by atoms with Crippen molar-refractivity contribution in [1.82, 2.24) is 0 Å². The fraction of sp³-hybridized carbons (Fsp3) is 0.833. The first-order chi connectivity index (χ1) is 5.09. The molecule has 0 spiro atoms. The molecule has 0 heterocycles. The van der Waals surface area contributed by atoms with Gasteiger partial charge in [-0.05, 0) is 18.4 Å². The number of hydrogen-bond acceptors (Lipinski definition) is 4. The summed E-state index contributed by atoms with van der Waals surface area (Å²) in [6.07, 6.45) is 1.38. The third-order valence-corrected chi connectivity index (χ3v) is 1.96. The summed E-state index contributed by atoms with van der Waals surface area (Å²) in [6, 6.07) is -1.15. The predicted molar refractivity (Wildman–Crippen MR) is 44.6 cm³/mol. The normalized spacial score (nSPS) is 15.9. The second-order valence-corrected chi connectivity index (χ2v) is 3.20. The molecule has 0 saturated heterocycles. The fourth-order valence-corrected chi connectivity index (χ4v) is 1.06. The highest BCUT2D eigenvalue weighted by Crippen LogP contribution is 2.02. The van der Waals surface area contributed by atoms with Gasteiger partial charge in [-0.25, -0.2) is 0 Å². The maximum Gasteiger partial charge on any atom is 0.323 e. The van der Waals surface area contributed by atoms with E-state index in [1.807, 2.05) is 6.26 Å². The van der Waals surface area contributed by atoms with Gasteiger partial charge in [0.1, 0.15) is 6.04 Å². The second-order valence-electron chi connectivity index (χ2n) is 2.21. The number of hydrogen-bond donors (Lipinski definition) is 3. The average Bonchev–Trinajstić information content (AvgIpc) is 1.98. The summed E-state index contributed by atoms with van der Waals surface area (Å²) in [7, 11) is 0. The minimum absolute atomic E-state index is 0.425. The molecule has 0 aliphatic rings. The Balaban J connectivity index is 3.63. The molecule has 0 aliphatic heterocycles. The van der Waals surface area contributed by atoms with Crippen LogP contribution < -0.4 is 5.73 Å². The number of nitrogens with two attached hydrogens (primary N) is 1. The van der Waals surface area contributed by atoms with Gasteiger partial charge in [-0.1, -0.05) is 0 Å². The molecule has 5 heteroatoms. The van der Waals surface area contributed by atoms with E-state index in [0.717, 1.165) is 5.75 Å². The highest BCUT2D eigenvalue weighted by atomic mass is 32.2. The van der Waals surface area contributed by atoms with E-state index in [4.69, 9.17) is 15.9 Å². The van der Waals surface area contributed by atoms with E-state index in [0.29, 0.717) is 6.42 Å². The van der Waals surface area contributed by atoms with Crippen LogP contribution in [0, 0.1) is 0 Å². The van der Waals surface area contributed by atoms with E-state index in [1.54, 1.807) is 11.8 Å². The van der Waals surface area contributed by atoms with E-state index in [9.17, 15) is 4.79 Å². The van der Waals surface area contributed by atoms with Gasteiger partial charge in [-0.3, -0.25) is 4.79 Å². The Hall–Kier alpha value is -0.260. The van der Waals surface area contributed by atoms with E-state index >= 15 is 0 Å². The van der Waals surface area contributed by atoms with Crippen molar-refractivity contribution in [2.24, 2.45) is 5.73 Å². The van der Waals surface area contributed by atoms with Crippen molar-refractivity contribution in [2.75, 3.05) is 12.0 Å². The molecule has 0 bridgehead atoms. The Morgan fingerprint density at radius 3 is 2.64 bits per heavy atom. The molecule has 0 aromatic carbocycles. The first kappa shape index (κ1) is 10.7. The number of rotatable bonds is 5. The highest BCUT2D eigenvalue weighted by Gasteiger charge is 2.20. The van der Waals surface area contributed by atoms with Crippen LogP contribution in [-0.4, -0.2) is 40.3 Å². The lowest BCUT2D eigenvalue weighted by Crippen LogP contribution is -2.41. The van der Waals surface area contributed by atoms with Gasteiger partial charge in [0.15, 0.2) is 0 Å². The molecule has 66 valence electrons. The van der Waals surface area contributed by atoms with Gasteiger partial charge in [-0.15, -0.1) is 0 Å². The fourth-order valence-electron chi connectivity index (χ4n) is 0.583. The van der Waals surface area contributed by atoms with Crippen LogP contribution in [0.5, 0.6) is 0 Å². The molecule has 11 heavy (non-hydrogen) atoms. The van der Waals surface area contributed by atoms with Gasteiger partial charge in [0, 0.05) is 0 Å². The van der Waals surface area contributed by atoms with Crippen molar-refractivity contribution < 1.29 is 15.0 Å². The van der Waals surface area contributed by atoms with Crippen LogP contribution in [0.4, 0.5) is 0 Å². The van der Waals surface area contributed by atoms with E-state index in [-0.39, 0.29) is 0 Å². The molecule has 0 saturated carbocycles. The Kier molecular flexibility index (Phi) is 5.27. The molecule has 4 nitrogen and oxygen atoms in total. The number of thioether (sulfide) groups is 1. The summed E-state index contributed by atoms with van der Waals surface area (Å²) in [5, 5.41) is 17.5. The third-order valence-electron chi connectivity index (χ3n) is 1.32. The minimum Gasteiger partial charge on any atom is -0.480 e. The molecular formula is C6H13NO3S. The van der Waals surface area contributed by atoms with Gasteiger partial charge in [0.05, 0.1) is 6.10 Å². The number of carboxylic acid groups (broad SMARTS) is 1. The van der Waals surface area contributed by atoms with Crippen LogP contribution >= 0.6 is 11.8 Å². The predicted octanol–water partition coefficient (Wildman–Crippen LogP) is -0.488. The zero-order chi connectivity index (χ0) is 8.85. The molecular weight excluding hydrogens is 166 g/mol. The SMILES string of the molecule is CSCCC(O)C(N)C(=O)O.